The summed E-state index contributed by atoms with van der Waals surface area (Å²) >= 11 is 1.51. The molecule has 0 bridgehead atoms. The van der Waals surface area contributed by atoms with Crippen LogP contribution in [0.25, 0.3) is 0 Å². The molecule has 1 amide bonds. The van der Waals surface area contributed by atoms with Gasteiger partial charge in [-0.25, -0.2) is 4.98 Å². The van der Waals surface area contributed by atoms with Crippen LogP contribution in [0.3, 0.4) is 0 Å². The van der Waals surface area contributed by atoms with Gasteiger partial charge < -0.3 is 5.32 Å². The molecule has 138 valence electrons. The lowest BCUT2D eigenvalue weighted by Crippen LogP contribution is -2.29. The number of hydrogen-bond donors (Lipinski definition) is 1. The van der Waals surface area contributed by atoms with Crippen molar-refractivity contribution in [1.82, 2.24) is 15.3 Å². The molecule has 2 heterocycles. The number of aromatic nitrogens is 2. The zero-order valence-corrected chi connectivity index (χ0v) is 16.0. The molecule has 0 saturated heterocycles. The lowest BCUT2D eigenvalue weighted by Gasteiger charge is -2.19. The lowest BCUT2D eigenvalue weighted by atomic mass is 9.99. The third-order valence-corrected chi connectivity index (χ3v) is 5.28. The van der Waals surface area contributed by atoms with E-state index < -0.39 is 0 Å². The summed E-state index contributed by atoms with van der Waals surface area (Å²) in [4.78, 5) is 21.5. The summed E-state index contributed by atoms with van der Waals surface area (Å²) in [6.07, 6.45) is 4.20. The number of pyridine rings is 1. The first kappa shape index (κ1) is 18.1. The Hall–Kier alpha value is -3.31. The number of benzene rings is 2. The summed E-state index contributed by atoms with van der Waals surface area (Å²) in [7, 11) is 0. The van der Waals surface area contributed by atoms with Gasteiger partial charge in [-0.3, -0.25) is 9.78 Å². The van der Waals surface area contributed by atoms with Crippen LogP contribution in [0.4, 0.5) is 0 Å². The Morgan fingerprint density at radius 1 is 0.893 bits per heavy atom. The average molecular weight is 385 g/mol. The molecular weight excluding hydrogens is 366 g/mol. The highest BCUT2D eigenvalue weighted by atomic mass is 32.1. The van der Waals surface area contributed by atoms with Crippen LogP contribution in [-0.2, 0) is 6.42 Å². The van der Waals surface area contributed by atoms with E-state index in [-0.39, 0.29) is 11.9 Å². The summed E-state index contributed by atoms with van der Waals surface area (Å²) in [6, 6.07) is 23.6. The van der Waals surface area contributed by atoms with E-state index in [1.54, 1.807) is 12.4 Å². The predicted octanol–water partition coefficient (Wildman–Crippen LogP) is 4.65. The van der Waals surface area contributed by atoms with Gasteiger partial charge in [0.1, 0.15) is 5.69 Å². The molecule has 0 saturated carbocycles. The van der Waals surface area contributed by atoms with Gasteiger partial charge in [-0.05, 0) is 28.8 Å². The summed E-state index contributed by atoms with van der Waals surface area (Å²) in [6.45, 7) is 0. The zero-order valence-electron chi connectivity index (χ0n) is 15.2. The van der Waals surface area contributed by atoms with Crippen molar-refractivity contribution in [3.8, 4) is 0 Å². The van der Waals surface area contributed by atoms with Crippen molar-refractivity contribution in [1.29, 1.82) is 0 Å². The Bertz CT molecular complexity index is 994. The summed E-state index contributed by atoms with van der Waals surface area (Å²) in [5.41, 5.74) is 3.63. The largest absolute Gasteiger partial charge is 0.340 e. The van der Waals surface area contributed by atoms with Gasteiger partial charge in [0.2, 0.25) is 0 Å². The van der Waals surface area contributed by atoms with Crippen molar-refractivity contribution in [2.45, 2.75) is 12.5 Å². The van der Waals surface area contributed by atoms with Crippen LogP contribution in [0.5, 0.6) is 0 Å². The van der Waals surface area contributed by atoms with Gasteiger partial charge in [0, 0.05) is 24.2 Å². The fourth-order valence-electron chi connectivity index (χ4n) is 3.03. The maximum Gasteiger partial charge on any atom is 0.271 e. The second kappa shape index (κ2) is 8.59. The SMILES string of the molecule is O=C(NC(c1ccccc1)c1ccncc1)c1csc(Cc2ccccc2)n1. The van der Waals surface area contributed by atoms with Crippen molar-refractivity contribution in [3.63, 3.8) is 0 Å². The average Bonchev–Trinajstić information content (AvgIpc) is 3.22. The van der Waals surface area contributed by atoms with Gasteiger partial charge in [0.05, 0.1) is 11.0 Å². The van der Waals surface area contributed by atoms with Crippen LogP contribution in [0.15, 0.2) is 90.6 Å². The maximum absolute atomic E-state index is 12.9. The van der Waals surface area contributed by atoms with E-state index in [4.69, 9.17) is 0 Å². The molecule has 0 fully saturated rings. The Labute approximate surface area is 167 Å². The molecule has 0 aliphatic heterocycles. The van der Waals surface area contributed by atoms with Crippen molar-refractivity contribution in [3.05, 3.63) is 118 Å². The molecule has 4 nitrogen and oxygen atoms in total. The molecule has 0 aliphatic carbocycles. The Morgan fingerprint density at radius 2 is 1.54 bits per heavy atom. The van der Waals surface area contributed by atoms with Crippen LogP contribution in [0.2, 0.25) is 0 Å². The van der Waals surface area contributed by atoms with Crippen LogP contribution in [0, 0.1) is 0 Å². The number of amides is 1. The first-order chi connectivity index (χ1) is 13.8. The highest BCUT2D eigenvalue weighted by molar-refractivity contribution is 7.09. The van der Waals surface area contributed by atoms with Gasteiger partial charge >= 0.3 is 0 Å². The molecule has 2 aromatic carbocycles. The highest BCUT2D eigenvalue weighted by Gasteiger charge is 2.19. The standard InChI is InChI=1S/C23H19N3OS/c27-23(20-16-28-21(25-20)15-17-7-3-1-4-8-17)26-22(18-9-5-2-6-10-18)19-11-13-24-14-12-19/h1-14,16,22H,15H2,(H,26,27). The third-order valence-electron chi connectivity index (χ3n) is 4.43. The molecule has 1 N–H and O–H groups in total. The lowest BCUT2D eigenvalue weighted by molar-refractivity contribution is 0.0938. The molecule has 5 heteroatoms. The molecule has 0 spiro atoms. The number of nitrogens with zero attached hydrogens (tertiary/aromatic N) is 2. The first-order valence-corrected chi connectivity index (χ1v) is 9.91. The van der Waals surface area contributed by atoms with Gasteiger partial charge in [0.25, 0.3) is 5.91 Å². The molecule has 1 atom stereocenters. The fourth-order valence-corrected chi connectivity index (χ4v) is 3.84. The number of nitrogens with one attached hydrogen (secondary N) is 1. The van der Waals surface area contributed by atoms with E-state index in [9.17, 15) is 4.79 Å². The second-order valence-electron chi connectivity index (χ2n) is 6.39. The maximum atomic E-state index is 12.9. The molecule has 28 heavy (non-hydrogen) atoms. The van der Waals surface area contributed by atoms with E-state index in [1.807, 2.05) is 66.0 Å². The van der Waals surface area contributed by atoms with Gasteiger partial charge in [-0.2, -0.15) is 0 Å². The van der Waals surface area contributed by atoms with Crippen LogP contribution in [0.1, 0.15) is 38.2 Å². The van der Waals surface area contributed by atoms with Crippen molar-refractivity contribution < 1.29 is 4.79 Å². The smallest absolute Gasteiger partial charge is 0.271 e. The van der Waals surface area contributed by atoms with E-state index in [0.717, 1.165) is 22.6 Å². The Balaban J connectivity index is 1.54. The Kier molecular flexibility index (Phi) is 5.54. The monoisotopic (exact) mass is 385 g/mol. The molecule has 4 aromatic rings. The van der Waals surface area contributed by atoms with Crippen LogP contribution in [-0.4, -0.2) is 15.9 Å². The second-order valence-corrected chi connectivity index (χ2v) is 7.33. The number of rotatable bonds is 6. The predicted molar refractivity (Wildman–Crippen MR) is 111 cm³/mol. The zero-order chi connectivity index (χ0) is 19.2. The van der Waals surface area contributed by atoms with Crippen LogP contribution >= 0.6 is 11.3 Å². The molecule has 2 aromatic heterocycles. The number of hydrogen-bond acceptors (Lipinski definition) is 4. The third kappa shape index (κ3) is 4.32. The van der Waals surface area contributed by atoms with Gasteiger partial charge in [-0.1, -0.05) is 60.7 Å². The summed E-state index contributed by atoms with van der Waals surface area (Å²) in [5, 5.41) is 5.87. The topological polar surface area (TPSA) is 54.9 Å². The molecule has 4 rings (SSSR count). The van der Waals surface area contributed by atoms with Gasteiger partial charge in [0.15, 0.2) is 0 Å². The minimum Gasteiger partial charge on any atom is -0.340 e. The molecule has 0 aliphatic rings. The molecule has 1 unspecified atom stereocenters. The summed E-state index contributed by atoms with van der Waals surface area (Å²) < 4.78 is 0. The van der Waals surface area contributed by atoms with E-state index in [0.29, 0.717) is 5.69 Å². The van der Waals surface area contributed by atoms with Crippen molar-refractivity contribution >= 4 is 17.2 Å². The number of carbonyl (C=O) groups excluding carboxylic acids is 1. The quantitative estimate of drug-likeness (QED) is 0.526. The van der Waals surface area contributed by atoms with Gasteiger partial charge in [-0.15, -0.1) is 11.3 Å². The minimum absolute atomic E-state index is 0.179. The number of thiazole rings is 1. The Morgan fingerprint density at radius 3 is 2.25 bits per heavy atom. The molecular formula is C23H19N3OS. The van der Waals surface area contributed by atoms with Crippen molar-refractivity contribution in [2.24, 2.45) is 0 Å². The fraction of sp³-hybridized carbons (Fsp3) is 0.0870. The summed E-state index contributed by atoms with van der Waals surface area (Å²) in [5.74, 6) is -0.179. The minimum atomic E-state index is -0.254. The highest BCUT2D eigenvalue weighted by Crippen LogP contribution is 2.22. The normalized spacial score (nSPS) is 11.7. The first-order valence-electron chi connectivity index (χ1n) is 9.03. The van der Waals surface area contributed by atoms with E-state index in [2.05, 4.69) is 27.4 Å². The number of carbonyl (C=O) groups is 1. The van der Waals surface area contributed by atoms with Crippen molar-refractivity contribution in [2.75, 3.05) is 0 Å². The van der Waals surface area contributed by atoms with E-state index in [1.165, 1.54) is 16.9 Å². The van der Waals surface area contributed by atoms with E-state index >= 15 is 0 Å². The molecule has 0 radical (unpaired) electrons. The van der Waals surface area contributed by atoms with Crippen LogP contribution < -0.4 is 5.32 Å².